The average molecular weight is 218 g/mol. The fraction of sp³-hybridized carbons (Fsp3) is 0.625. The zero-order valence-corrected chi connectivity index (χ0v) is 8.87. The topological polar surface area (TPSA) is 28.2 Å². The molecule has 2 heterocycles. The second-order valence-corrected chi connectivity index (χ2v) is 4.34. The maximum atomic E-state index is 5.72. The van der Waals surface area contributed by atoms with Gasteiger partial charge in [0.05, 0.1) is 5.88 Å². The Morgan fingerprint density at radius 1 is 1.54 bits per heavy atom. The molecule has 72 valence electrons. The van der Waals surface area contributed by atoms with Crippen molar-refractivity contribution in [2.24, 2.45) is 0 Å². The number of hydrogen-bond donors (Lipinski definition) is 1. The van der Waals surface area contributed by atoms with Crippen LogP contribution >= 0.6 is 22.9 Å². The van der Waals surface area contributed by atoms with Gasteiger partial charge in [-0.25, -0.2) is 4.98 Å². The Hall–Kier alpha value is -0.320. The van der Waals surface area contributed by atoms with Gasteiger partial charge < -0.3 is 10.2 Å². The summed E-state index contributed by atoms with van der Waals surface area (Å²) < 4.78 is 0. The molecule has 0 amide bonds. The third kappa shape index (κ3) is 2.13. The molecule has 0 aliphatic carbocycles. The Balaban J connectivity index is 2.05. The van der Waals surface area contributed by atoms with Crippen molar-refractivity contribution < 1.29 is 0 Å². The number of piperazine rings is 1. The van der Waals surface area contributed by atoms with Crippen molar-refractivity contribution in [2.75, 3.05) is 31.1 Å². The van der Waals surface area contributed by atoms with Crippen LogP contribution in [0, 0.1) is 0 Å². The fourth-order valence-electron chi connectivity index (χ4n) is 1.36. The fourth-order valence-corrected chi connectivity index (χ4v) is 2.41. The Labute approximate surface area is 86.7 Å². The quantitative estimate of drug-likeness (QED) is 0.757. The number of aromatic nitrogens is 1. The first kappa shape index (κ1) is 9.24. The van der Waals surface area contributed by atoms with E-state index >= 15 is 0 Å². The van der Waals surface area contributed by atoms with Crippen LogP contribution in [-0.4, -0.2) is 31.2 Å². The summed E-state index contributed by atoms with van der Waals surface area (Å²) in [4.78, 5) is 7.79. The van der Waals surface area contributed by atoms with Crippen molar-refractivity contribution in [3.8, 4) is 0 Å². The molecule has 1 fully saturated rings. The van der Waals surface area contributed by atoms with E-state index < -0.39 is 0 Å². The van der Waals surface area contributed by atoms with Gasteiger partial charge in [0.25, 0.3) is 0 Å². The molecule has 1 aromatic rings. The molecule has 5 heteroatoms. The Bertz CT molecular complexity index is 270. The highest BCUT2D eigenvalue weighted by molar-refractivity contribution is 7.15. The number of thiazole rings is 1. The van der Waals surface area contributed by atoms with Crippen molar-refractivity contribution in [3.63, 3.8) is 0 Å². The van der Waals surface area contributed by atoms with Crippen LogP contribution in [0.4, 0.5) is 5.13 Å². The van der Waals surface area contributed by atoms with Gasteiger partial charge in [0, 0.05) is 37.3 Å². The third-order valence-electron chi connectivity index (χ3n) is 2.06. The predicted molar refractivity (Wildman–Crippen MR) is 56.8 cm³/mol. The van der Waals surface area contributed by atoms with E-state index in [1.807, 2.05) is 6.20 Å². The van der Waals surface area contributed by atoms with E-state index in [1.54, 1.807) is 11.3 Å². The zero-order valence-electron chi connectivity index (χ0n) is 7.29. The lowest BCUT2D eigenvalue weighted by atomic mass is 10.4. The van der Waals surface area contributed by atoms with Crippen molar-refractivity contribution in [3.05, 3.63) is 11.1 Å². The number of halogens is 1. The molecule has 1 aromatic heterocycles. The molecule has 2 rings (SSSR count). The van der Waals surface area contributed by atoms with Crippen molar-refractivity contribution in [1.82, 2.24) is 10.3 Å². The van der Waals surface area contributed by atoms with E-state index in [2.05, 4.69) is 15.2 Å². The second-order valence-electron chi connectivity index (χ2n) is 2.98. The van der Waals surface area contributed by atoms with Crippen molar-refractivity contribution in [1.29, 1.82) is 0 Å². The number of hydrogen-bond acceptors (Lipinski definition) is 4. The molecule has 13 heavy (non-hydrogen) atoms. The largest absolute Gasteiger partial charge is 0.346 e. The summed E-state index contributed by atoms with van der Waals surface area (Å²) in [5.41, 5.74) is 0. The molecule has 0 aromatic carbocycles. The summed E-state index contributed by atoms with van der Waals surface area (Å²) in [6, 6.07) is 0. The Kier molecular flexibility index (Phi) is 3.03. The summed E-state index contributed by atoms with van der Waals surface area (Å²) in [5.74, 6) is 0.573. The number of alkyl halides is 1. The van der Waals surface area contributed by atoms with Gasteiger partial charge in [-0.2, -0.15) is 0 Å². The lowest BCUT2D eigenvalue weighted by molar-refractivity contribution is 0.588. The molecule has 0 radical (unpaired) electrons. The van der Waals surface area contributed by atoms with Crippen LogP contribution in [0.5, 0.6) is 0 Å². The smallest absolute Gasteiger partial charge is 0.185 e. The van der Waals surface area contributed by atoms with E-state index in [1.165, 1.54) is 0 Å². The SMILES string of the molecule is ClCc1cnc(N2CCNCC2)s1. The molecule has 0 bridgehead atoms. The van der Waals surface area contributed by atoms with Crippen LogP contribution in [0.2, 0.25) is 0 Å². The van der Waals surface area contributed by atoms with E-state index in [9.17, 15) is 0 Å². The van der Waals surface area contributed by atoms with E-state index in [4.69, 9.17) is 11.6 Å². The second kappa shape index (κ2) is 4.26. The minimum atomic E-state index is 0.573. The standard InChI is InChI=1S/C8H12ClN3S/c9-5-7-6-11-8(13-7)12-3-1-10-2-4-12/h6,10H,1-5H2. The Morgan fingerprint density at radius 2 is 2.31 bits per heavy atom. The molecule has 1 saturated heterocycles. The molecule has 0 atom stereocenters. The first-order chi connectivity index (χ1) is 6.40. The Morgan fingerprint density at radius 3 is 2.92 bits per heavy atom. The number of rotatable bonds is 2. The minimum absolute atomic E-state index is 0.573. The van der Waals surface area contributed by atoms with Crippen LogP contribution < -0.4 is 10.2 Å². The van der Waals surface area contributed by atoms with Gasteiger partial charge >= 0.3 is 0 Å². The summed E-state index contributed by atoms with van der Waals surface area (Å²) in [6.07, 6.45) is 1.87. The number of anilines is 1. The maximum absolute atomic E-state index is 5.72. The molecule has 1 aliphatic rings. The van der Waals surface area contributed by atoms with Crippen LogP contribution in [-0.2, 0) is 5.88 Å². The highest BCUT2D eigenvalue weighted by atomic mass is 35.5. The first-order valence-electron chi connectivity index (χ1n) is 4.36. The van der Waals surface area contributed by atoms with Crippen LogP contribution in [0.25, 0.3) is 0 Å². The van der Waals surface area contributed by atoms with Crippen LogP contribution in [0.1, 0.15) is 4.88 Å². The van der Waals surface area contributed by atoms with Gasteiger partial charge in [-0.3, -0.25) is 0 Å². The normalized spacial score (nSPS) is 17.8. The molecule has 0 unspecified atom stereocenters. The summed E-state index contributed by atoms with van der Waals surface area (Å²) in [7, 11) is 0. The summed E-state index contributed by atoms with van der Waals surface area (Å²) in [5, 5.41) is 4.42. The van der Waals surface area contributed by atoms with Crippen LogP contribution in [0.15, 0.2) is 6.20 Å². The molecular weight excluding hydrogens is 206 g/mol. The van der Waals surface area contributed by atoms with Gasteiger partial charge in [0.2, 0.25) is 0 Å². The maximum Gasteiger partial charge on any atom is 0.185 e. The van der Waals surface area contributed by atoms with Gasteiger partial charge in [-0.15, -0.1) is 22.9 Å². The lowest BCUT2D eigenvalue weighted by Crippen LogP contribution is -2.43. The van der Waals surface area contributed by atoms with Gasteiger partial charge in [0.15, 0.2) is 5.13 Å². The lowest BCUT2D eigenvalue weighted by Gasteiger charge is -2.26. The van der Waals surface area contributed by atoms with Crippen LogP contribution in [0.3, 0.4) is 0 Å². The van der Waals surface area contributed by atoms with Gasteiger partial charge in [0.1, 0.15) is 0 Å². The highest BCUT2D eigenvalue weighted by Gasteiger charge is 2.13. The number of nitrogens with one attached hydrogen (secondary N) is 1. The monoisotopic (exact) mass is 217 g/mol. The molecule has 1 N–H and O–H groups in total. The van der Waals surface area contributed by atoms with E-state index in [0.29, 0.717) is 5.88 Å². The van der Waals surface area contributed by atoms with Gasteiger partial charge in [-0.05, 0) is 0 Å². The first-order valence-corrected chi connectivity index (χ1v) is 5.71. The highest BCUT2D eigenvalue weighted by Crippen LogP contribution is 2.23. The summed E-state index contributed by atoms with van der Waals surface area (Å²) in [6.45, 7) is 4.20. The molecule has 0 saturated carbocycles. The van der Waals surface area contributed by atoms with E-state index in [0.717, 1.165) is 36.2 Å². The summed E-state index contributed by atoms with van der Waals surface area (Å²) >= 11 is 7.41. The molecule has 1 aliphatic heterocycles. The minimum Gasteiger partial charge on any atom is -0.346 e. The van der Waals surface area contributed by atoms with Crippen molar-refractivity contribution in [2.45, 2.75) is 5.88 Å². The van der Waals surface area contributed by atoms with Gasteiger partial charge in [-0.1, -0.05) is 0 Å². The average Bonchev–Trinajstić information content (AvgIpc) is 2.67. The third-order valence-corrected chi connectivity index (χ3v) is 3.57. The van der Waals surface area contributed by atoms with Crippen molar-refractivity contribution >= 4 is 28.1 Å². The number of nitrogens with zero attached hydrogens (tertiary/aromatic N) is 2. The molecule has 3 nitrogen and oxygen atoms in total. The zero-order chi connectivity index (χ0) is 9.10. The predicted octanol–water partition coefficient (Wildman–Crippen LogP) is 1.29. The molecule has 0 spiro atoms. The molecular formula is C8H12ClN3S. The van der Waals surface area contributed by atoms with E-state index in [-0.39, 0.29) is 0 Å².